The fraction of sp³-hybridized carbons (Fsp3) is 0.532. The molecule has 10 nitrogen and oxygen atoms in total. The number of amides is 4. The summed E-state index contributed by atoms with van der Waals surface area (Å²) in [6.07, 6.45) is 15.8. The summed E-state index contributed by atoms with van der Waals surface area (Å²) < 4.78 is 0. The molecular weight excluding hydrogens is 777 g/mol. The summed E-state index contributed by atoms with van der Waals surface area (Å²) in [7, 11) is 0. The second kappa shape index (κ2) is 23.7. The van der Waals surface area contributed by atoms with Crippen LogP contribution in [-0.4, -0.2) is 72.7 Å². The number of carbonyl (C=O) groups is 4. The van der Waals surface area contributed by atoms with E-state index in [1.807, 2.05) is 36.4 Å². The highest BCUT2D eigenvalue weighted by atomic mass is 32.1. The van der Waals surface area contributed by atoms with Crippen molar-refractivity contribution in [3.05, 3.63) is 67.5 Å². The lowest BCUT2D eigenvalue weighted by molar-refractivity contribution is -0.142. The first-order chi connectivity index (χ1) is 28.5. The molecule has 0 fully saturated rings. The molecule has 0 aliphatic carbocycles. The molecule has 4 rings (SSSR count). The van der Waals surface area contributed by atoms with Gasteiger partial charge < -0.3 is 9.80 Å². The zero-order chi connectivity index (χ0) is 42.9. The maximum atomic E-state index is 13.7. The fourth-order valence-corrected chi connectivity index (χ4v) is 9.26. The lowest BCUT2D eigenvalue weighted by Crippen LogP contribution is -2.43. The van der Waals surface area contributed by atoms with E-state index in [-0.39, 0.29) is 36.1 Å². The summed E-state index contributed by atoms with van der Waals surface area (Å²) in [5.74, 6) is -1.89. The van der Waals surface area contributed by atoms with Crippen molar-refractivity contribution in [1.82, 2.24) is 9.80 Å². The van der Waals surface area contributed by atoms with Gasteiger partial charge in [0.05, 0.1) is 10.0 Å². The molecule has 2 aliphatic rings. The maximum Gasteiger partial charge on any atom is 0.271 e. The monoisotopic (exact) mass is 838 g/mol. The van der Waals surface area contributed by atoms with Crippen LogP contribution in [0.5, 0.6) is 0 Å². The van der Waals surface area contributed by atoms with Crippen LogP contribution in [0.2, 0.25) is 0 Å². The summed E-state index contributed by atoms with van der Waals surface area (Å²) in [4.78, 5) is 63.1. The smallest absolute Gasteiger partial charge is 0.271 e. The average Bonchev–Trinajstić information content (AvgIpc) is 3.90. The number of imide groups is 2. The van der Waals surface area contributed by atoms with Gasteiger partial charge in [0.2, 0.25) is 0 Å². The highest BCUT2D eigenvalue weighted by Crippen LogP contribution is 2.34. The standard InChI is InChI=1S/C47H62N6O4S2/c1-7-11-24-50(25-12-8-2)42-22-20-36(58-42)30-38-34(5)40(32-48)46(56)52(44(38)54)28-18-16-15-17-19-29-53-45(55)39(35(6)41(33-49)47(53)57)31-37-21-23-43(59-37)51(26-13-9-3)27-14-10-4/h20-23,30-31H,7-19,24-29H2,1-6H3/b38-30-,39-31+. The first kappa shape index (κ1) is 46.9. The van der Waals surface area contributed by atoms with E-state index in [2.05, 4.69) is 49.6 Å². The van der Waals surface area contributed by atoms with Crippen LogP contribution in [-0.2, 0) is 19.2 Å². The second-order valence-electron chi connectivity index (χ2n) is 15.4. The van der Waals surface area contributed by atoms with E-state index in [4.69, 9.17) is 0 Å². The minimum Gasteiger partial charge on any atom is -0.363 e. The van der Waals surface area contributed by atoms with Crippen LogP contribution >= 0.6 is 22.7 Å². The van der Waals surface area contributed by atoms with Crippen molar-refractivity contribution in [2.45, 2.75) is 125 Å². The van der Waals surface area contributed by atoms with Gasteiger partial charge in [-0.2, -0.15) is 10.5 Å². The number of nitrogens with zero attached hydrogens (tertiary/aromatic N) is 6. The van der Waals surface area contributed by atoms with Crippen LogP contribution in [0.25, 0.3) is 12.2 Å². The molecule has 12 heteroatoms. The van der Waals surface area contributed by atoms with E-state index in [9.17, 15) is 29.7 Å². The van der Waals surface area contributed by atoms with Gasteiger partial charge in [-0.1, -0.05) is 72.6 Å². The Bertz CT molecular complexity index is 1860. The van der Waals surface area contributed by atoms with Crippen molar-refractivity contribution < 1.29 is 19.2 Å². The van der Waals surface area contributed by atoms with Gasteiger partial charge in [0.25, 0.3) is 23.6 Å². The van der Waals surface area contributed by atoms with Gasteiger partial charge in [-0.3, -0.25) is 29.0 Å². The molecule has 0 atom stereocenters. The SMILES string of the molecule is CCCCN(CCCC)c1ccc(/C=C2\C(=O)N(CCCCCCCN3C(=O)C(C#N)=C(C)/C(=C\c4ccc(N(CCCC)CCCC)s4)C3=O)C(=O)C(C#N)=C2C)s1. The molecule has 0 aromatic carbocycles. The number of anilines is 2. The van der Waals surface area contributed by atoms with Crippen molar-refractivity contribution in [2.75, 3.05) is 49.1 Å². The molecule has 0 radical (unpaired) electrons. The van der Waals surface area contributed by atoms with Crippen LogP contribution in [0.3, 0.4) is 0 Å². The van der Waals surface area contributed by atoms with Crippen LogP contribution in [0.15, 0.2) is 57.7 Å². The van der Waals surface area contributed by atoms with Crippen molar-refractivity contribution >= 4 is 68.5 Å². The van der Waals surface area contributed by atoms with Crippen LogP contribution < -0.4 is 9.80 Å². The van der Waals surface area contributed by atoms with E-state index < -0.39 is 11.8 Å². The Kier molecular flexibility index (Phi) is 18.9. The quantitative estimate of drug-likeness (QED) is 0.0581. The maximum absolute atomic E-state index is 13.7. The third-order valence-electron chi connectivity index (χ3n) is 11.0. The zero-order valence-corrected chi connectivity index (χ0v) is 37.7. The zero-order valence-electron chi connectivity index (χ0n) is 36.0. The average molecular weight is 839 g/mol. The van der Waals surface area contributed by atoms with Crippen molar-refractivity contribution in [1.29, 1.82) is 10.5 Å². The molecule has 4 amide bonds. The molecule has 0 spiro atoms. The van der Waals surface area contributed by atoms with Gasteiger partial charge in [0.1, 0.15) is 23.3 Å². The first-order valence-corrected chi connectivity index (χ1v) is 23.3. The number of carbonyl (C=O) groups excluding carboxylic acids is 4. The Morgan fingerprint density at radius 1 is 0.525 bits per heavy atom. The molecule has 0 bridgehead atoms. The predicted octanol–water partition coefficient (Wildman–Crippen LogP) is 10.5. The van der Waals surface area contributed by atoms with Gasteiger partial charge in [-0.05, 0) is 99.9 Å². The number of unbranched alkanes of at least 4 members (excludes halogenated alkanes) is 8. The minimum absolute atomic E-state index is 0.00843. The molecule has 0 N–H and O–H groups in total. The molecule has 316 valence electrons. The van der Waals surface area contributed by atoms with E-state index in [1.165, 1.54) is 9.80 Å². The Labute approximate surface area is 360 Å². The van der Waals surface area contributed by atoms with Crippen LogP contribution in [0.4, 0.5) is 10.0 Å². The fourth-order valence-electron chi connectivity index (χ4n) is 7.26. The number of hydrogen-bond acceptors (Lipinski definition) is 10. The van der Waals surface area contributed by atoms with E-state index in [0.29, 0.717) is 48.0 Å². The number of nitriles is 2. The lowest BCUT2D eigenvalue weighted by atomic mass is 9.94. The predicted molar refractivity (Wildman–Crippen MR) is 242 cm³/mol. The highest BCUT2D eigenvalue weighted by Gasteiger charge is 2.36. The topological polar surface area (TPSA) is 129 Å². The number of thiophene rings is 2. The minimum atomic E-state index is -0.559. The second-order valence-corrected chi connectivity index (χ2v) is 17.6. The van der Waals surface area contributed by atoms with Gasteiger partial charge >= 0.3 is 0 Å². The van der Waals surface area contributed by atoms with Gasteiger partial charge in [-0.25, -0.2) is 0 Å². The molecule has 4 heterocycles. The van der Waals surface area contributed by atoms with E-state index >= 15 is 0 Å². The summed E-state index contributed by atoms with van der Waals surface area (Å²) in [5, 5.41) is 22.1. The molecular formula is C47H62N6O4S2. The summed E-state index contributed by atoms with van der Waals surface area (Å²) in [6, 6.07) is 12.3. The number of hydrogen-bond donors (Lipinski definition) is 0. The lowest BCUT2D eigenvalue weighted by Gasteiger charge is -2.28. The first-order valence-electron chi connectivity index (χ1n) is 21.6. The molecule has 2 aromatic heterocycles. The van der Waals surface area contributed by atoms with Crippen molar-refractivity contribution in [3.63, 3.8) is 0 Å². The summed E-state index contributed by atoms with van der Waals surface area (Å²) >= 11 is 3.24. The van der Waals surface area contributed by atoms with Gasteiger partial charge in [-0.15, -0.1) is 22.7 Å². The van der Waals surface area contributed by atoms with Gasteiger partial charge in [0, 0.05) is 60.2 Å². The van der Waals surface area contributed by atoms with Crippen LogP contribution in [0.1, 0.15) is 135 Å². The third kappa shape index (κ3) is 12.1. The summed E-state index contributed by atoms with van der Waals surface area (Å²) in [6.45, 7) is 16.4. The molecule has 2 aromatic rings. The van der Waals surface area contributed by atoms with Crippen molar-refractivity contribution in [2.24, 2.45) is 0 Å². The molecule has 2 aliphatic heterocycles. The largest absolute Gasteiger partial charge is 0.363 e. The highest BCUT2D eigenvalue weighted by molar-refractivity contribution is 7.17. The Hall–Kier alpha value is -4.78. The van der Waals surface area contributed by atoms with Crippen molar-refractivity contribution in [3.8, 4) is 12.1 Å². The summed E-state index contributed by atoms with van der Waals surface area (Å²) in [5.41, 5.74) is 1.53. The molecule has 0 unspecified atom stereocenters. The normalized spacial score (nSPS) is 16.2. The molecule has 59 heavy (non-hydrogen) atoms. The van der Waals surface area contributed by atoms with Crippen LogP contribution in [0, 0.1) is 22.7 Å². The van der Waals surface area contributed by atoms with E-state index in [1.54, 1.807) is 36.5 Å². The molecule has 0 saturated carbocycles. The van der Waals surface area contributed by atoms with Gasteiger partial charge in [0.15, 0.2) is 0 Å². The molecule has 0 saturated heterocycles. The van der Waals surface area contributed by atoms with E-state index in [0.717, 1.165) is 104 Å². The Balaban J connectivity index is 1.35. The third-order valence-corrected chi connectivity index (χ3v) is 13.1. The number of rotatable bonds is 24. The Morgan fingerprint density at radius 2 is 0.864 bits per heavy atom. The Morgan fingerprint density at radius 3 is 1.19 bits per heavy atom.